The van der Waals surface area contributed by atoms with E-state index in [-0.39, 0.29) is 11.8 Å². The maximum Gasteiger partial charge on any atom is 0.154 e. The molecule has 0 amide bonds. The molecule has 20 heavy (non-hydrogen) atoms. The van der Waals surface area contributed by atoms with E-state index in [9.17, 15) is 8.42 Å². The van der Waals surface area contributed by atoms with Gasteiger partial charge < -0.3 is 4.57 Å². The highest BCUT2D eigenvalue weighted by Gasteiger charge is 2.35. The van der Waals surface area contributed by atoms with Crippen LogP contribution in [0.1, 0.15) is 38.4 Å². The third kappa shape index (κ3) is 3.39. The molecule has 0 aromatic carbocycles. The predicted molar refractivity (Wildman–Crippen MR) is 78.8 cm³/mol. The molecule has 0 radical (unpaired) electrons. The lowest BCUT2D eigenvalue weighted by atomic mass is 10.0. The van der Waals surface area contributed by atoms with Crippen LogP contribution in [0.15, 0.2) is 12.4 Å². The molecule has 2 rings (SSSR count). The third-order valence-electron chi connectivity index (χ3n) is 3.96. The van der Waals surface area contributed by atoms with E-state index in [1.54, 1.807) is 6.20 Å². The maximum absolute atomic E-state index is 12.2. The summed E-state index contributed by atoms with van der Waals surface area (Å²) < 4.78 is 26.5. The summed E-state index contributed by atoms with van der Waals surface area (Å²) in [4.78, 5) is 4.34. The summed E-state index contributed by atoms with van der Waals surface area (Å²) in [5.74, 6) is 6.79. The number of hydrazine groups is 1. The lowest BCUT2D eigenvalue weighted by molar-refractivity contribution is 0.429. The van der Waals surface area contributed by atoms with Crippen molar-refractivity contribution < 1.29 is 8.42 Å². The minimum atomic E-state index is -3.04. The summed E-state index contributed by atoms with van der Waals surface area (Å²) in [5.41, 5.74) is 2.70. The van der Waals surface area contributed by atoms with Gasteiger partial charge in [-0.15, -0.1) is 0 Å². The summed E-state index contributed by atoms with van der Waals surface area (Å²) in [5, 5.41) is -0.395. The van der Waals surface area contributed by atoms with E-state index in [1.165, 1.54) is 0 Å². The zero-order valence-corrected chi connectivity index (χ0v) is 12.8. The molecular weight excluding hydrogens is 276 g/mol. The molecule has 1 aromatic heterocycles. The SMILES string of the molecule is CCCn1ccnc1CC(NN)C1CCCCS1(=O)=O. The van der Waals surface area contributed by atoms with Crippen LogP contribution in [0.4, 0.5) is 0 Å². The topological polar surface area (TPSA) is 90.0 Å². The molecule has 0 bridgehead atoms. The molecule has 2 unspecified atom stereocenters. The monoisotopic (exact) mass is 300 g/mol. The average molecular weight is 300 g/mol. The van der Waals surface area contributed by atoms with Crippen molar-refractivity contribution in [1.29, 1.82) is 0 Å². The van der Waals surface area contributed by atoms with Crippen LogP contribution in [0.25, 0.3) is 0 Å². The van der Waals surface area contributed by atoms with Gasteiger partial charge in [0.05, 0.1) is 11.0 Å². The number of hydrogen-bond acceptors (Lipinski definition) is 5. The average Bonchev–Trinajstić information content (AvgIpc) is 2.84. The zero-order chi connectivity index (χ0) is 14.6. The van der Waals surface area contributed by atoms with Gasteiger partial charge in [0.1, 0.15) is 5.82 Å². The van der Waals surface area contributed by atoms with Gasteiger partial charge in [-0.1, -0.05) is 13.3 Å². The molecule has 0 aliphatic carbocycles. The highest BCUT2D eigenvalue weighted by atomic mass is 32.2. The molecule has 3 N–H and O–H groups in total. The van der Waals surface area contributed by atoms with Crippen LogP contribution in [0, 0.1) is 0 Å². The fraction of sp³-hybridized carbons (Fsp3) is 0.769. The van der Waals surface area contributed by atoms with Crippen molar-refractivity contribution in [3.63, 3.8) is 0 Å². The number of imidazole rings is 1. The Bertz CT molecular complexity index is 526. The fourth-order valence-corrected chi connectivity index (χ4v) is 5.01. The van der Waals surface area contributed by atoms with Gasteiger partial charge in [-0.25, -0.2) is 13.4 Å². The number of rotatable bonds is 6. The molecule has 1 fully saturated rings. The molecule has 1 aliphatic rings. The Morgan fingerprint density at radius 3 is 3.00 bits per heavy atom. The highest BCUT2D eigenvalue weighted by molar-refractivity contribution is 7.92. The fourth-order valence-electron chi connectivity index (χ4n) is 2.90. The Labute approximate surface area is 120 Å². The van der Waals surface area contributed by atoms with Gasteiger partial charge in [0.25, 0.3) is 0 Å². The van der Waals surface area contributed by atoms with Gasteiger partial charge in [-0.05, 0) is 19.3 Å². The van der Waals surface area contributed by atoms with Crippen LogP contribution in [0.2, 0.25) is 0 Å². The van der Waals surface area contributed by atoms with Crippen LogP contribution < -0.4 is 11.3 Å². The van der Waals surface area contributed by atoms with Gasteiger partial charge >= 0.3 is 0 Å². The number of hydrogen-bond donors (Lipinski definition) is 2. The number of aryl methyl sites for hydroxylation is 1. The number of aromatic nitrogens is 2. The molecule has 1 aliphatic heterocycles. The number of nitrogens with one attached hydrogen (secondary N) is 1. The van der Waals surface area contributed by atoms with Crippen molar-refractivity contribution in [2.45, 2.75) is 56.9 Å². The molecule has 2 atom stereocenters. The highest BCUT2D eigenvalue weighted by Crippen LogP contribution is 2.23. The largest absolute Gasteiger partial charge is 0.335 e. The predicted octanol–water partition coefficient (Wildman–Crippen LogP) is 0.635. The molecule has 2 heterocycles. The molecule has 1 aromatic rings. The minimum absolute atomic E-state index is 0.265. The van der Waals surface area contributed by atoms with E-state index in [0.29, 0.717) is 12.8 Å². The molecule has 1 saturated heterocycles. The van der Waals surface area contributed by atoms with E-state index in [2.05, 4.69) is 21.9 Å². The summed E-state index contributed by atoms with van der Waals surface area (Å²) in [6.07, 6.45) is 7.66. The first kappa shape index (κ1) is 15.5. The zero-order valence-electron chi connectivity index (χ0n) is 12.0. The Morgan fingerprint density at radius 2 is 2.35 bits per heavy atom. The van der Waals surface area contributed by atoms with E-state index >= 15 is 0 Å². The van der Waals surface area contributed by atoms with Crippen molar-refractivity contribution in [1.82, 2.24) is 15.0 Å². The molecule has 6 nitrogen and oxygen atoms in total. The van der Waals surface area contributed by atoms with E-state index < -0.39 is 15.1 Å². The second-order valence-electron chi connectivity index (χ2n) is 5.42. The second kappa shape index (κ2) is 6.69. The molecule has 114 valence electrons. The van der Waals surface area contributed by atoms with Crippen molar-refractivity contribution in [3.05, 3.63) is 18.2 Å². The van der Waals surface area contributed by atoms with Crippen LogP contribution in [0.3, 0.4) is 0 Å². The summed E-state index contributed by atoms with van der Waals surface area (Å²) in [6.45, 7) is 3.00. The molecule has 0 spiro atoms. The standard InChI is InChI=1S/C13H24N4O2S/c1-2-7-17-8-6-15-13(17)10-11(16-14)12-5-3-4-9-20(12,18)19/h6,8,11-12,16H,2-5,7,9-10,14H2,1H3. The Morgan fingerprint density at radius 1 is 1.55 bits per heavy atom. The Balaban J connectivity index is 2.14. The maximum atomic E-state index is 12.2. The first-order valence-corrected chi connectivity index (χ1v) is 8.97. The normalized spacial score (nSPS) is 23.6. The Hall–Kier alpha value is -0.920. The molecule has 7 heteroatoms. The van der Waals surface area contributed by atoms with Gasteiger partial charge in [0, 0.05) is 31.4 Å². The third-order valence-corrected chi connectivity index (χ3v) is 6.30. The van der Waals surface area contributed by atoms with Crippen LogP contribution in [0.5, 0.6) is 0 Å². The van der Waals surface area contributed by atoms with Crippen LogP contribution >= 0.6 is 0 Å². The summed E-state index contributed by atoms with van der Waals surface area (Å²) in [6, 6.07) is -0.265. The second-order valence-corrected chi connectivity index (χ2v) is 7.75. The first-order chi connectivity index (χ1) is 9.58. The number of nitrogens with zero attached hydrogens (tertiary/aromatic N) is 2. The molecule has 0 saturated carbocycles. The van der Waals surface area contributed by atoms with Crippen LogP contribution in [-0.2, 0) is 22.8 Å². The Kier molecular flexibility index (Phi) is 5.17. The summed E-state index contributed by atoms with van der Waals surface area (Å²) in [7, 11) is -3.04. The molecular formula is C13H24N4O2S. The van der Waals surface area contributed by atoms with Gasteiger partial charge in [0.15, 0.2) is 9.84 Å². The van der Waals surface area contributed by atoms with Gasteiger partial charge in [-0.3, -0.25) is 11.3 Å². The van der Waals surface area contributed by atoms with Crippen molar-refractivity contribution in [2.24, 2.45) is 5.84 Å². The first-order valence-electron chi connectivity index (χ1n) is 7.26. The lowest BCUT2D eigenvalue weighted by Crippen LogP contribution is -2.50. The van der Waals surface area contributed by atoms with Crippen molar-refractivity contribution in [2.75, 3.05) is 5.75 Å². The van der Waals surface area contributed by atoms with Crippen molar-refractivity contribution in [3.8, 4) is 0 Å². The summed E-state index contributed by atoms with van der Waals surface area (Å²) >= 11 is 0. The number of sulfone groups is 1. The van der Waals surface area contributed by atoms with E-state index in [4.69, 9.17) is 5.84 Å². The van der Waals surface area contributed by atoms with E-state index in [1.807, 2.05) is 6.20 Å². The van der Waals surface area contributed by atoms with E-state index in [0.717, 1.165) is 31.6 Å². The quantitative estimate of drug-likeness (QED) is 0.594. The van der Waals surface area contributed by atoms with Crippen LogP contribution in [-0.4, -0.2) is 35.0 Å². The van der Waals surface area contributed by atoms with Gasteiger partial charge in [0.2, 0.25) is 0 Å². The smallest absolute Gasteiger partial charge is 0.154 e. The minimum Gasteiger partial charge on any atom is -0.335 e. The lowest BCUT2D eigenvalue weighted by Gasteiger charge is -2.29. The van der Waals surface area contributed by atoms with Gasteiger partial charge in [-0.2, -0.15) is 0 Å². The van der Waals surface area contributed by atoms with Crippen molar-refractivity contribution >= 4 is 9.84 Å². The number of nitrogens with two attached hydrogens (primary N) is 1.